The van der Waals surface area contributed by atoms with Gasteiger partial charge in [0.1, 0.15) is 5.82 Å². The smallest absolute Gasteiger partial charge is 0.124 e. The van der Waals surface area contributed by atoms with E-state index in [2.05, 4.69) is 5.32 Å². The molecule has 0 saturated heterocycles. The quantitative estimate of drug-likeness (QED) is 0.867. The molecule has 92 valence electrons. The zero-order chi connectivity index (χ0) is 12.8. The zero-order valence-corrected chi connectivity index (χ0v) is 10.7. The third-order valence-electron chi connectivity index (χ3n) is 2.23. The SMILES string of the molecule is CC(CS(C)=O)NCc1cc(F)cc(C#N)c1. The predicted molar refractivity (Wildman–Crippen MR) is 66.4 cm³/mol. The molecule has 0 aliphatic heterocycles. The maximum Gasteiger partial charge on any atom is 0.124 e. The van der Waals surface area contributed by atoms with E-state index in [-0.39, 0.29) is 6.04 Å². The van der Waals surface area contributed by atoms with Crippen molar-refractivity contribution in [3.05, 3.63) is 35.1 Å². The fourth-order valence-electron chi connectivity index (χ4n) is 1.52. The van der Waals surface area contributed by atoms with Gasteiger partial charge in [0.15, 0.2) is 0 Å². The summed E-state index contributed by atoms with van der Waals surface area (Å²) in [7, 11) is -0.853. The monoisotopic (exact) mass is 254 g/mol. The molecule has 0 aromatic heterocycles. The van der Waals surface area contributed by atoms with E-state index in [4.69, 9.17) is 5.26 Å². The van der Waals surface area contributed by atoms with E-state index in [9.17, 15) is 8.60 Å². The molecular formula is C12H15FN2OS. The Balaban J connectivity index is 2.60. The number of rotatable bonds is 5. The van der Waals surface area contributed by atoms with Crippen LogP contribution in [0.2, 0.25) is 0 Å². The van der Waals surface area contributed by atoms with Crippen LogP contribution in [0.3, 0.4) is 0 Å². The molecule has 0 fully saturated rings. The summed E-state index contributed by atoms with van der Waals surface area (Å²) in [6.07, 6.45) is 1.65. The average Bonchev–Trinajstić information content (AvgIpc) is 2.24. The van der Waals surface area contributed by atoms with Gasteiger partial charge >= 0.3 is 0 Å². The molecule has 0 amide bonds. The molecular weight excluding hydrogens is 239 g/mol. The fraction of sp³-hybridized carbons (Fsp3) is 0.417. The molecule has 2 atom stereocenters. The molecule has 2 unspecified atom stereocenters. The van der Waals surface area contributed by atoms with E-state index in [0.29, 0.717) is 17.9 Å². The minimum atomic E-state index is -0.853. The second-order valence-corrected chi connectivity index (χ2v) is 5.46. The molecule has 0 bridgehead atoms. The lowest BCUT2D eigenvalue weighted by Gasteiger charge is -2.12. The minimum Gasteiger partial charge on any atom is -0.309 e. The van der Waals surface area contributed by atoms with Gasteiger partial charge in [0.2, 0.25) is 0 Å². The molecule has 1 aromatic carbocycles. The molecule has 1 N–H and O–H groups in total. The lowest BCUT2D eigenvalue weighted by Crippen LogP contribution is -2.30. The number of hydrogen-bond acceptors (Lipinski definition) is 3. The minimum absolute atomic E-state index is 0.0923. The van der Waals surface area contributed by atoms with E-state index < -0.39 is 16.6 Å². The maximum atomic E-state index is 13.1. The van der Waals surface area contributed by atoms with Crippen molar-refractivity contribution in [3.63, 3.8) is 0 Å². The molecule has 17 heavy (non-hydrogen) atoms. The van der Waals surface area contributed by atoms with Gasteiger partial charge in [0.25, 0.3) is 0 Å². The van der Waals surface area contributed by atoms with Crippen molar-refractivity contribution in [1.82, 2.24) is 5.32 Å². The molecule has 1 aromatic rings. The van der Waals surface area contributed by atoms with Crippen LogP contribution >= 0.6 is 0 Å². The molecule has 0 aliphatic carbocycles. The van der Waals surface area contributed by atoms with Gasteiger partial charge in [-0.15, -0.1) is 0 Å². The topological polar surface area (TPSA) is 52.9 Å². The van der Waals surface area contributed by atoms with Crippen LogP contribution in [0.4, 0.5) is 4.39 Å². The van der Waals surface area contributed by atoms with Gasteiger partial charge < -0.3 is 5.32 Å². The summed E-state index contributed by atoms with van der Waals surface area (Å²) in [5, 5.41) is 11.8. The third kappa shape index (κ3) is 5.07. The van der Waals surface area contributed by atoms with Gasteiger partial charge in [-0.05, 0) is 30.7 Å². The lowest BCUT2D eigenvalue weighted by molar-refractivity contribution is 0.580. The Morgan fingerprint density at radius 2 is 2.24 bits per heavy atom. The highest BCUT2D eigenvalue weighted by atomic mass is 32.2. The van der Waals surface area contributed by atoms with Crippen LogP contribution in [-0.2, 0) is 17.3 Å². The van der Waals surface area contributed by atoms with Gasteiger partial charge in [0, 0.05) is 35.4 Å². The van der Waals surface area contributed by atoms with Crippen molar-refractivity contribution >= 4 is 10.8 Å². The third-order valence-corrected chi connectivity index (χ3v) is 3.20. The van der Waals surface area contributed by atoms with Crippen LogP contribution in [0.5, 0.6) is 0 Å². The van der Waals surface area contributed by atoms with E-state index >= 15 is 0 Å². The largest absolute Gasteiger partial charge is 0.309 e. The summed E-state index contributed by atoms with van der Waals surface area (Å²) < 4.78 is 24.1. The molecule has 1 rings (SSSR count). The normalized spacial score (nSPS) is 14.0. The average molecular weight is 254 g/mol. The highest BCUT2D eigenvalue weighted by molar-refractivity contribution is 7.84. The molecule has 0 spiro atoms. The number of hydrogen-bond donors (Lipinski definition) is 1. The Hall–Kier alpha value is -1.25. The van der Waals surface area contributed by atoms with E-state index in [1.54, 1.807) is 12.3 Å². The van der Waals surface area contributed by atoms with Crippen molar-refractivity contribution in [2.24, 2.45) is 0 Å². The summed E-state index contributed by atoms with van der Waals surface area (Å²) in [5.74, 6) is 0.146. The summed E-state index contributed by atoms with van der Waals surface area (Å²) in [5.41, 5.74) is 1.03. The molecule has 3 nitrogen and oxygen atoms in total. The van der Waals surface area contributed by atoms with Crippen LogP contribution < -0.4 is 5.32 Å². The van der Waals surface area contributed by atoms with Crippen molar-refractivity contribution < 1.29 is 8.60 Å². The molecule has 5 heteroatoms. The molecule has 0 saturated carbocycles. The molecule has 0 aliphatic rings. The number of nitriles is 1. The van der Waals surface area contributed by atoms with Gasteiger partial charge in [-0.25, -0.2) is 4.39 Å². The number of nitrogens with zero attached hydrogens (tertiary/aromatic N) is 1. The first-order chi connectivity index (χ1) is 8.01. The van der Waals surface area contributed by atoms with E-state index in [1.807, 2.05) is 13.0 Å². The Morgan fingerprint density at radius 3 is 2.82 bits per heavy atom. The van der Waals surface area contributed by atoms with Crippen LogP contribution in [0.25, 0.3) is 0 Å². The second kappa shape index (κ2) is 6.48. The Bertz CT molecular complexity index is 456. The predicted octanol–water partition coefficient (Wildman–Crippen LogP) is 1.55. The Kier molecular flexibility index (Phi) is 5.26. The van der Waals surface area contributed by atoms with Crippen LogP contribution in [0.15, 0.2) is 18.2 Å². The van der Waals surface area contributed by atoms with Crippen molar-refractivity contribution in [3.8, 4) is 6.07 Å². The molecule has 0 heterocycles. The van der Waals surface area contributed by atoms with E-state index in [0.717, 1.165) is 5.56 Å². The summed E-state index contributed by atoms with van der Waals surface area (Å²) >= 11 is 0. The number of halogens is 1. The summed E-state index contributed by atoms with van der Waals surface area (Å²) in [6, 6.07) is 6.24. The van der Waals surface area contributed by atoms with Crippen LogP contribution in [-0.4, -0.2) is 22.3 Å². The van der Waals surface area contributed by atoms with Gasteiger partial charge in [-0.3, -0.25) is 4.21 Å². The fourth-order valence-corrected chi connectivity index (χ4v) is 2.34. The van der Waals surface area contributed by atoms with Crippen LogP contribution in [0, 0.1) is 17.1 Å². The lowest BCUT2D eigenvalue weighted by atomic mass is 10.1. The first kappa shape index (κ1) is 13.8. The first-order valence-electron chi connectivity index (χ1n) is 5.24. The van der Waals surface area contributed by atoms with Crippen LogP contribution in [0.1, 0.15) is 18.1 Å². The maximum absolute atomic E-state index is 13.1. The van der Waals surface area contributed by atoms with Gasteiger partial charge in [0.05, 0.1) is 11.6 Å². The standard InChI is InChI=1S/C12H15FN2OS/c1-9(8-17(2)16)15-7-11-3-10(6-14)4-12(13)5-11/h3-5,9,15H,7-8H2,1-2H3. The summed E-state index contributed by atoms with van der Waals surface area (Å²) in [6.45, 7) is 2.39. The van der Waals surface area contributed by atoms with Gasteiger partial charge in [-0.1, -0.05) is 0 Å². The Labute approximate surface area is 103 Å². The molecule has 0 radical (unpaired) electrons. The number of benzene rings is 1. The first-order valence-corrected chi connectivity index (χ1v) is 6.97. The zero-order valence-electron chi connectivity index (χ0n) is 9.87. The number of nitrogens with one attached hydrogen (secondary N) is 1. The van der Waals surface area contributed by atoms with Crippen molar-refractivity contribution in [2.45, 2.75) is 19.5 Å². The highest BCUT2D eigenvalue weighted by Crippen LogP contribution is 2.08. The van der Waals surface area contributed by atoms with Crippen molar-refractivity contribution in [1.29, 1.82) is 5.26 Å². The summed E-state index contributed by atoms with van der Waals surface area (Å²) in [4.78, 5) is 0. The Morgan fingerprint density at radius 1 is 1.53 bits per heavy atom. The highest BCUT2D eigenvalue weighted by Gasteiger charge is 2.05. The second-order valence-electron chi connectivity index (χ2n) is 3.98. The van der Waals surface area contributed by atoms with Crippen molar-refractivity contribution in [2.75, 3.05) is 12.0 Å². The van der Waals surface area contributed by atoms with E-state index in [1.165, 1.54) is 12.1 Å². The van der Waals surface area contributed by atoms with Gasteiger partial charge in [-0.2, -0.15) is 5.26 Å².